The summed E-state index contributed by atoms with van der Waals surface area (Å²) in [5, 5.41) is 13.1. The minimum absolute atomic E-state index is 0.0298. The van der Waals surface area contributed by atoms with Crippen molar-refractivity contribution < 1.29 is 19.2 Å². The Morgan fingerprint density at radius 3 is 2.35 bits per heavy atom. The van der Waals surface area contributed by atoms with Crippen LogP contribution in [0.1, 0.15) is 6.92 Å². The summed E-state index contributed by atoms with van der Waals surface area (Å²) in [4.78, 5) is 23.1. The number of nitrogens with zero attached hydrogens (tertiary/aromatic N) is 1. The molecule has 138 valence electrons. The highest BCUT2D eigenvalue weighted by Gasteiger charge is 2.14. The Kier molecular flexibility index (Phi) is 7.28. The molecule has 0 aliphatic heterocycles. The lowest BCUT2D eigenvalue weighted by Crippen LogP contribution is -2.33. The van der Waals surface area contributed by atoms with E-state index >= 15 is 0 Å². The molecule has 0 aliphatic carbocycles. The molecular formula is C18H20N2O5S. The molecule has 0 saturated carbocycles. The van der Waals surface area contributed by atoms with E-state index in [9.17, 15) is 14.9 Å². The smallest absolute Gasteiger partial charge is 0.269 e. The van der Waals surface area contributed by atoms with E-state index in [4.69, 9.17) is 9.47 Å². The van der Waals surface area contributed by atoms with Gasteiger partial charge in [0, 0.05) is 17.0 Å². The maximum absolute atomic E-state index is 12.1. The monoisotopic (exact) mass is 376 g/mol. The average molecular weight is 376 g/mol. The van der Waals surface area contributed by atoms with Gasteiger partial charge < -0.3 is 14.8 Å². The van der Waals surface area contributed by atoms with Crippen LogP contribution in [0.3, 0.4) is 0 Å². The van der Waals surface area contributed by atoms with Gasteiger partial charge in [-0.15, -0.1) is 11.8 Å². The zero-order valence-electron chi connectivity index (χ0n) is 14.5. The first-order chi connectivity index (χ1) is 12.5. The van der Waals surface area contributed by atoms with Crippen LogP contribution in [0.25, 0.3) is 0 Å². The van der Waals surface area contributed by atoms with Crippen molar-refractivity contribution in [3.05, 3.63) is 58.6 Å². The fraction of sp³-hybridized carbons (Fsp3) is 0.278. The Morgan fingerprint density at radius 2 is 1.77 bits per heavy atom. The van der Waals surface area contributed by atoms with Gasteiger partial charge in [-0.05, 0) is 43.3 Å². The summed E-state index contributed by atoms with van der Waals surface area (Å²) in [7, 11) is 1.60. The van der Waals surface area contributed by atoms with Crippen molar-refractivity contribution in [2.75, 3.05) is 20.3 Å². The average Bonchev–Trinajstić information content (AvgIpc) is 2.66. The van der Waals surface area contributed by atoms with Crippen molar-refractivity contribution in [3.8, 4) is 11.5 Å². The molecule has 0 unspecified atom stereocenters. The number of nitrogens with one attached hydrogen (secondary N) is 1. The quantitative estimate of drug-likeness (QED) is 0.313. The summed E-state index contributed by atoms with van der Waals surface area (Å²) in [6.07, 6.45) is 0. The molecule has 2 aromatic rings. The van der Waals surface area contributed by atoms with Crippen molar-refractivity contribution in [3.63, 3.8) is 0 Å². The number of carbonyl (C=O) groups excluding carboxylic acids is 1. The number of nitro groups is 1. The third-order valence-electron chi connectivity index (χ3n) is 3.46. The SMILES string of the molecule is COc1ccc(OCCNC(=O)[C@H](C)Sc2ccc([N+](=O)[O-])cc2)cc1. The van der Waals surface area contributed by atoms with E-state index < -0.39 is 4.92 Å². The minimum Gasteiger partial charge on any atom is -0.497 e. The molecule has 1 amide bonds. The molecule has 0 spiro atoms. The molecule has 2 rings (SSSR count). The Balaban J connectivity index is 1.71. The summed E-state index contributed by atoms with van der Waals surface area (Å²) >= 11 is 1.34. The number of hydrogen-bond donors (Lipinski definition) is 1. The number of nitro benzene ring substituents is 1. The number of thioether (sulfide) groups is 1. The van der Waals surface area contributed by atoms with Crippen LogP contribution in [0.15, 0.2) is 53.4 Å². The molecule has 0 saturated heterocycles. The van der Waals surface area contributed by atoms with Crippen molar-refractivity contribution >= 4 is 23.4 Å². The van der Waals surface area contributed by atoms with E-state index in [0.29, 0.717) is 18.9 Å². The van der Waals surface area contributed by atoms with Crippen LogP contribution in [0, 0.1) is 10.1 Å². The molecular weight excluding hydrogens is 356 g/mol. The topological polar surface area (TPSA) is 90.7 Å². The number of benzene rings is 2. The second kappa shape index (κ2) is 9.67. The number of ether oxygens (including phenoxy) is 2. The molecule has 7 nitrogen and oxygen atoms in total. The summed E-state index contributed by atoms with van der Waals surface area (Å²) in [6, 6.07) is 13.3. The largest absolute Gasteiger partial charge is 0.497 e. The van der Waals surface area contributed by atoms with Crippen LogP contribution in [-0.4, -0.2) is 36.3 Å². The number of methoxy groups -OCH3 is 1. The Labute approximate surface area is 155 Å². The lowest BCUT2D eigenvalue weighted by molar-refractivity contribution is -0.384. The zero-order valence-corrected chi connectivity index (χ0v) is 15.3. The molecule has 26 heavy (non-hydrogen) atoms. The molecule has 8 heteroatoms. The van der Waals surface area contributed by atoms with Gasteiger partial charge in [-0.2, -0.15) is 0 Å². The second-order valence-electron chi connectivity index (χ2n) is 5.33. The van der Waals surface area contributed by atoms with Crippen LogP contribution in [0.2, 0.25) is 0 Å². The summed E-state index contributed by atoms with van der Waals surface area (Å²) in [5.41, 5.74) is 0.0298. The van der Waals surface area contributed by atoms with Gasteiger partial charge in [0.25, 0.3) is 5.69 Å². The highest BCUT2D eigenvalue weighted by molar-refractivity contribution is 8.00. The third-order valence-corrected chi connectivity index (χ3v) is 4.57. The second-order valence-corrected chi connectivity index (χ2v) is 6.74. The molecule has 0 fully saturated rings. The molecule has 0 radical (unpaired) electrons. The maximum Gasteiger partial charge on any atom is 0.269 e. The number of hydrogen-bond acceptors (Lipinski definition) is 6. The molecule has 1 atom stereocenters. The Morgan fingerprint density at radius 1 is 1.15 bits per heavy atom. The standard InChI is InChI=1S/C18H20N2O5S/c1-13(26-17-9-3-14(4-10-17)20(22)23)18(21)19-11-12-25-16-7-5-15(24-2)6-8-16/h3-10,13H,11-12H2,1-2H3,(H,19,21)/t13-/m0/s1. The van der Waals surface area contributed by atoms with Gasteiger partial charge in [0.2, 0.25) is 5.91 Å². The molecule has 2 aromatic carbocycles. The van der Waals surface area contributed by atoms with Gasteiger partial charge in [0.15, 0.2) is 0 Å². The lowest BCUT2D eigenvalue weighted by Gasteiger charge is -2.12. The molecule has 0 heterocycles. The predicted molar refractivity (Wildman–Crippen MR) is 99.9 cm³/mol. The fourth-order valence-corrected chi connectivity index (χ4v) is 2.95. The van der Waals surface area contributed by atoms with Crippen LogP contribution in [0.4, 0.5) is 5.69 Å². The Hall–Kier alpha value is -2.74. The zero-order chi connectivity index (χ0) is 18.9. The first-order valence-corrected chi connectivity index (χ1v) is 8.83. The number of non-ortho nitro benzene ring substituents is 1. The summed E-state index contributed by atoms with van der Waals surface area (Å²) < 4.78 is 10.6. The van der Waals surface area contributed by atoms with E-state index in [1.807, 2.05) is 0 Å². The normalized spacial score (nSPS) is 11.5. The van der Waals surface area contributed by atoms with Gasteiger partial charge in [-0.25, -0.2) is 0 Å². The molecule has 1 N–H and O–H groups in total. The first-order valence-electron chi connectivity index (χ1n) is 7.95. The summed E-state index contributed by atoms with van der Waals surface area (Å²) in [5.74, 6) is 1.34. The van der Waals surface area contributed by atoms with E-state index in [0.717, 1.165) is 10.6 Å². The van der Waals surface area contributed by atoms with Crippen LogP contribution in [-0.2, 0) is 4.79 Å². The highest BCUT2D eigenvalue weighted by atomic mass is 32.2. The maximum atomic E-state index is 12.1. The van der Waals surface area contributed by atoms with Crippen molar-refractivity contribution in [1.82, 2.24) is 5.32 Å². The highest BCUT2D eigenvalue weighted by Crippen LogP contribution is 2.25. The van der Waals surface area contributed by atoms with Crippen molar-refractivity contribution in [2.24, 2.45) is 0 Å². The summed E-state index contributed by atoms with van der Waals surface area (Å²) in [6.45, 7) is 2.52. The molecule has 0 bridgehead atoms. The van der Waals surface area contributed by atoms with E-state index in [2.05, 4.69) is 5.32 Å². The third kappa shape index (κ3) is 5.96. The lowest BCUT2D eigenvalue weighted by atomic mass is 10.3. The van der Waals surface area contributed by atoms with E-state index in [1.165, 1.54) is 23.9 Å². The Bertz CT molecular complexity index is 734. The number of rotatable bonds is 9. The van der Waals surface area contributed by atoms with Crippen molar-refractivity contribution in [2.45, 2.75) is 17.1 Å². The fourth-order valence-electron chi connectivity index (χ4n) is 2.06. The number of amides is 1. The van der Waals surface area contributed by atoms with Crippen LogP contribution >= 0.6 is 11.8 Å². The molecule has 0 aromatic heterocycles. The van der Waals surface area contributed by atoms with Gasteiger partial charge in [0.1, 0.15) is 18.1 Å². The molecule has 0 aliphatic rings. The van der Waals surface area contributed by atoms with Gasteiger partial charge in [-0.1, -0.05) is 0 Å². The predicted octanol–water partition coefficient (Wildman–Crippen LogP) is 3.28. The van der Waals surface area contributed by atoms with Gasteiger partial charge in [-0.3, -0.25) is 14.9 Å². The van der Waals surface area contributed by atoms with E-state index in [1.54, 1.807) is 50.4 Å². The number of carbonyl (C=O) groups is 1. The van der Waals surface area contributed by atoms with Crippen LogP contribution < -0.4 is 14.8 Å². The minimum atomic E-state index is -0.451. The van der Waals surface area contributed by atoms with E-state index in [-0.39, 0.29) is 16.8 Å². The van der Waals surface area contributed by atoms with Gasteiger partial charge >= 0.3 is 0 Å². The van der Waals surface area contributed by atoms with Gasteiger partial charge in [0.05, 0.1) is 23.8 Å². The van der Waals surface area contributed by atoms with Crippen molar-refractivity contribution in [1.29, 1.82) is 0 Å². The first kappa shape index (κ1) is 19.6. The van der Waals surface area contributed by atoms with Crippen LogP contribution in [0.5, 0.6) is 11.5 Å².